The quantitative estimate of drug-likeness (QED) is 0.838. The minimum Gasteiger partial charge on any atom is -0.493 e. The standard InChI is InChI=1S/C19H23NO4S/c1-13-6-5-7-16(10-13)25(21,22)20-9-8-15-11-18(23-3)19(24-4)12-17(15)14(20)2/h5-7,10-12,14H,8-9H2,1-4H3. The van der Waals surface area contributed by atoms with Crippen molar-refractivity contribution in [1.29, 1.82) is 0 Å². The second-order valence-electron chi connectivity index (χ2n) is 6.26. The number of sulfonamides is 1. The van der Waals surface area contributed by atoms with Crippen LogP contribution in [0.1, 0.15) is 29.7 Å². The zero-order chi connectivity index (χ0) is 18.2. The molecule has 2 aromatic carbocycles. The van der Waals surface area contributed by atoms with E-state index in [4.69, 9.17) is 9.47 Å². The Morgan fingerprint density at radius 1 is 1.08 bits per heavy atom. The molecule has 1 unspecified atom stereocenters. The molecule has 0 saturated carbocycles. The molecule has 134 valence electrons. The first kappa shape index (κ1) is 17.8. The van der Waals surface area contributed by atoms with E-state index in [1.807, 2.05) is 32.0 Å². The summed E-state index contributed by atoms with van der Waals surface area (Å²) < 4.78 is 38.5. The molecule has 0 bridgehead atoms. The first-order valence-electron chi connectivity index (χ1n) is 8.21. The highest BCUT2D eigenvalue weighted by molar-refractivity contribution is 7.89. The van der Waals surface area contributed by atoms with Crippen molar-refractivity contribution in [3.8, 4) is 11.5 Å². The maximum atomic E-state index is 13.1. The number of rotatable bonds is 4. The second-order valence-corrected chi connectivity index (χ2v) is 8.15. The van der Waals surface area contributed by atoms with E-state index >= 15 is 0 Å². The third-order valence-electron chi connectivity index (χ3n) is 4.73. The fraction of sp³-hybridized carbons (Fsp3) is 0.368. The van der Waals surface area contributed by atoms with E-state index in [2.05, 4.69) is 0 Å². The van der Waals surface area contributed by atoms with Crippen molar-refractivity contribution in [2.75, 3.05) is 20.8 Å². The average molecular weight is 361 g/mol. The fourth-order valence-electron chi connectivity index (χ4n) is 3.36. The van der Waals surface area contributed by atoms with E-state index in [1.54, 1.807) is 36.7 Å². The number of benzene rings is 2. The van der Waals surface area contributed by atoms with Gasteiger partial charge in [-0.2, -0.15) is 4.31 Å². The molecule has 1 heterocycles. The summed E-state index contributed by atoms with van der Waals surface area (Å²) in [5, 5.41) is 0. The molecule has 0 N–H and O–H groups in total. The van der Waals surface area contributed by atoms with Crippen molar-refractivity contribution >= 4 is 10.0 Å². The Labute approximate surface area is 149 Å². The van der Waals surface area contributed by atoms with E-state index in [0.717, 1.165) is 16.7 Å². The largest absolute Gasteiger partial charge is 0.493 e. The van der Waals surface area contributed by atoms with E-state index in [-0.39, 0.29) is 6.04 Å². The van der Waals surface area contributed by atoms with Gasteiger partial charge in [0.05, 0.1) is 19.1 Å². The SMILES string of the molecule is COc1cc2c(cc1OC)C(C)N(S(=O)(=O)c1cccc(C)c1)CC2. The summed E-state index contributed by atoms with van der Waals surface area (Å²) in [4.78, 5) is 0.336. The fourth-order valence-corrected chi connectivity index (χ4v) is 5.08. The lowest BCUT2D eigenvalue weighted by Crippen LogP contribution is -2.38. The highest BCUT2D eigenvalue weighted by Crippen LogP contribution is 2.39. The summed E-state index contributed by atoms with van der Waals surface area (Å²) in [6, 6.07) is 10.6. The third-order valence-corrected chi connectivity index (χ3v) is 6.69. The molecule has 3 rings (SSSR count). The Morgan fingerprint density at radius 2 is 1.76 bits per heavy atom. The summed E-state index contributed by atoms with van der Waals surface area (Å²) in [5.41, 5.74) is 2.98. The van der Waals surface area contributed by atoms with Crippen LogP contribution in [0.5, 0.6) is 11.5 Å². The van der Waals surface area contributed by atoms with E-state index < -0.39 is 10.0 Å². The van der Waals surface area contributed by atoms with Crippen LogP contribution in [0, 0.1) is 6.92 Å². The Morgan fingerprint density at radius 3 is 2.40 bits per heavy atom. The number of fused-ring (bicyclic) bond motifs is 1. The lowest BCUT2D eigenvalue weighted by Gasteiger charge is -2.34. The Kier molecular flexibility index (Phi) is 4.75. The molecule has 1 atom stereocenters. The minimum absolute atomic E-state index is 0.269. The van der Waals surface area contributed by atoms with Gasteiger partial charge in [0, 0.05) is 12.6 Å². The Hall–Kier alpha value is -2.05. The lowest BCUT2D eigenvalue weighted by atomic mass is 9.94. The molecule has 6 heteroatoms. The molecule has 0 saturated heterocycles. The zero-order valence-corrected chi connectivity index (χ0v) is 15.8. The van der Waals surface area contributed by atoms with Crippen molar-refractivity contribution < 1.29 is 17.9 Å². The van der Waals surface area contributed by atoms with Crippen molar-refractivity contribution in [3.05, 3.63) is 53.1 Å². The summed E-state index contributed by atoms with van der Waals surface area (Å²) in [6.45, 7) is 4.25. The third kappa shape index (κ3) is 3.12. The van der Waals surface area contributed by atoms with Crippen molar-refractivity contribution in [2.45, 2.75) is 31.2 Å². The molecule has 25 heavy (non-hydrogen) atoms. The zero-order valence-electron chi connectivity index (χ0n) is 14.9. The molecule has 2 aromatic rings. The van der Waals surface area contributed by atoms with Gasteiger partial charge in [0.2, 0.25) is 10.0 Å². The molecule has 5 nitrogen and oxygen atoms in total. The topological polar surface area (TPSA) is 55.8 Å². The highest BCUT2D eigenvalue weighted by Gasteiger charge is 2.34. The van der Waals surface area contributed by atoms with Crippen LogP contribution in [0.2, 0.25) is 0 Å². The Balaban J connectivity index is 2.02. The monoisotopic (exact) mass is 361 g/mol. The molecule has 0 aliphatic carbocycles. The number of aryl methyl sites for hydroxylation is 1. The van der Waals surface area contributed by atoms with Gasteiger partial charge in [0.1, 0.15) is 0 Å². The molecular weight excluding hydrogens is 338 g/mol. The van der Waals surface area contributed by atoms with Crippen LogP contribution in [-0.2, 0) is 16.4 Å². The van der Waals surface area contributed by atoms with Crippen molar-refractivity contribution in [1.82, 2.24) is 4.31 Å². The van der Waals surface area contributed by atoms with Crippen LogP contribution in [0.3, 0.4) is 0 Å². The van der Waals surface area contributed by atoms with Gasteiger partial charge >= 0.3 is 0 Å². The minimum atomic E-state index is -3.55. The van der Waals surface area contributed by atoms with Gasteiger partial charge in [-0.1, -0.05) is 12.1 Å². The normalized spacial score (nSPS) is 17.8. The number of nitrogens with zero attached hydrogens (tertiary/aromatic N) is 1. The van der Waals surface area contributed by atoms with Gasteiger partial charge in [0.25, 0.3) is 0 Å². The molecule has 0 spiro atoms. The van der Waals surface area contributed by atoms with Crippen molar-refractivity contribution in [3.63, 3.8) is 0 Å². The summed E-state index contributed by atoms with van der Waals surface area (Å²) in [7, 11) is -0.366. The lowest BCUT2D eigenvalue weighted by molar-refractivity contribution is 0.319. The van der Waals surface area contributed by atoms with Crippen LogP contribution in [-0.4, -0.2) is 33.5 Å². The smallest absolute Gasteiger partial charge is 0.243 e. The molecule has 0 fully saturated rings. The average Bonchev–Trinajstić information content (AvgIpc) is 2.60. The van der Waals surface area contributed by atoms with Crippen LogP contribution in [0.25, 0.3) is 0 Å². The van der Waals surface area contributed by atoms with E-state index in [0.29, 0.717) is 29.4 Å². The molecule has 0 aromatic heterocycles. The van der Waals surface area contributed by atoms with Crippen LogP contribution in [0.15, 0.2) is 41.3 Å². The number of hydrogen-bond acceptors (Lipinski definition) is 4. The summed E-state index contributed by atoms with van der Waals surface area (Å²) in [5.74, 6) is 1.28. The van der Waals surface area contributed by atoms with Crippen LogP contribution >= 0.6 is 0 Å². The first-order valence-corrected chi connectivity index (χ1v) is 9.65. The molecule has 1 aliphatic rings. The maximum Gasteiger partial charge on any atom is 0.243 e. The molecule has 0 amide bonds. The first-order chi connectivity index (χ1) is 11.9. The van der Waals surface area contributed by atoms with Crippen LogP contribution < -0.4 is 9.47 Å². The van der Waals surface area contributed by atoms with Gasteiger partial charge < -0.3 is 9.47 Å². The highest BCUT2D eigenvalue weighted by atomic mass is 32.2. The van der Waals surface area contributed by atoms with Gasteiger partial charge in [-0.15, -0.1) is 0 Å². The second kappa shape index (κ2) is 6.69. The number of ether oxygens (including phenoxy) is 2. The number of hydrogen-bond donors (Lipinski definition) is 0. The molecule has 0 radical (unpaired) electrons. The molecule has 1 aliphatic heterocycles. The summed E-state index contributed by atoms with van der Waals surface area (Å²) >= 11 is 0. The summed E-state index contributed by atoms with van der Waals surface area (Å²) in [6.07, 6.45) is 0.644. The van der Waals surface area contributed by atoms with Gasteiger partial charge in [-0.05, 0) is 61.2 Å². The maximum absolute atomic E-state index is 13.1. The van der Waals surface area contributed by atoms with Gasteiger partial charge in [-0.3, -0.25) is 0 Å². The van der Waals surface area contributed by atoms with Gasteiger partial charge in [0.15, 0.2) is 11.5 Å². The predicted octanol–water partition coefficient (Wildman–Crippen LogP) is 3.32. The molecular formula is C19H23NO4S. The van der Waals surface area contributed by atoms with E-state index in [9.17, 15) is 8.42 Å². The van der Waals surface area contributed by atoms with E-state index in [1.165, 1.54) is 0 Å². The van der Waals surface area contributed by atoms with Crippen LogP contribution in [0.4, 0.5) is 0 Å². The van der Waals surface area contributed by atoms with Gasteiger partial charge in [-0.25, -0.2) is 8.42 Å². The number of methoxy groups -OCH3 is 2. The van der Waals surface area contributed by atoms with Crippen molar-refractivity contribution in [2.24, 2.45) is 0 Å². The Bertz CT molecular complexity index is 892. The predicted molar refractivity (Wildman–Crippen MR) is 96.7 cm³/mol.